The zero-order valence-electron chi connectivity index (χ0n) is 23.8. The van der Waals surface area contributed by atoms with E-state index in [-0.39, 0.29) is 5.78 Å². The molecule has 2 heterocycles. The monoisotopic (exact) mass is 571 g/mol. The molecule has 40 heavy (non-hydrogen) atoms. The number of nitrogens with zero attached hydrogens (tertiary/aromatic N) is 3. The number of fused-ring (bicyclic) bond motifs is 2. The van der Waals surface area contributed by atoms with Crippen LogP contribution in [0.1, 0.15) is 76.1 Å². The molecule has 1 saturated carbocycles. The predicted octanol–water partition coefficient (Wildman–Crippen LogP) is 9.42. The smallest absolute Gasteiger partial charge is 0.163 e. The fourth-order valence-electron chi connectivity index (χ4n) is 5.73. The Labute approximate surface area is 244 Å². The Hall–Kier alpha value is -3.06. The van der Waals surface area contributed by atoms with Crippen LogP contribution in [-0.4, -0.2) is 25.9 Å². The molecule has 6 rings (SSSR count). The van der Waals surface area contributed by atoms with Crippen LogP contribution in [0.5, 0.6) is 0 Å². The molecule has 7 heteroatoms. The number of carbonyl (C=O) groups excluding carboxylic acids is 1. The Morgan fingerprint density at radius 3 is 2.35 bits per heavy atom. The Morgan fingerprint density at radius 2 is 1.73 bits per heavy atom. The van der Waals surface area contributed by atoms with Gasteiger partial charge in [0.05, 0.1) is 26.9 Å². The van der Waals surface area contributed by atoms with Gasteiger partial charge in [0.15, 0.2) is 5.78 Å². The molecule has 5 aromatic rings. The van der Waals surface area contributed by atoms with Crippen LogP contribution in [0.2, 0.25) is 5.02 Å². The molecule has 3 aromatic carbocycles. The first-order chi connectivity index (χ1) is 19.0. The molecule has 0 N–H and O–H groups in total. The van der Waals surface area contributed by atoms with Crippen LogP contribution in [0.15, 0.2) is 48.5 Å². The van der Waals surface area contributed by atoms with Crippen molar-refractivity contribution in [1.82, 2.24) is 14.5 Å². The van der Waals surface area contributed by atoms with Crippen molar-refractivity contribution in [3.8, 4) is 21.7 Å². The van der Waals surface area contributed by atoms with Crippen LogP contribution in [0.3, 0.4) is 0 Å². The van der Waals surface area contributed by atoms with Crippen LogP contribution >= 0.6 is 22.9 Å². The number of aromatic nitrogens is 3. The number of thiazole rings is 1. The number of carbonyl (C=O) groups is 1. The maximum Gasteiger partial charge on any atom is 0.163 e. The molecule has 0 radical (unpaired) electrons. The van der Waals surface area contributed by atoms with E-state index in [1.165, 1.54) is 24.8 Å². The fourth-order valence-corrected chi connectivity index (χ4v) is 6.97. The van der Waals surface area contributed by atoms with Gasteiger partial charge in [0.2, 0.25) is 0 Å². The summed E-state index contributed by atoms with van der Waals surface area (Å²) in [6.45, 7) is 11.7. The second kappa shape index (κ2) is 10.1. The molecule has 0 amide bonds. The van der Waals surface area contributed by atoms with E-state index in [1.54, 1.807) is 18.3 Å². The number of aryl methyl sites for hydroxylation is 2. The number of ether oxygens (including phenoxy) is 1. The lowest BCUT2D eigenvalue weighted by molar-refractivity contribution is -0.138. The summed E-state index contributed by atoms with van der Waals surface area (Å²) >= 11 is 7.93. The Morgan fingerprint density at radius 1 is 1.02 bits per heavy atom. The van der Waals surface area contributed by atoms with Crippen molar-refractivity contribution in [3.05, 3.63) is 70.5 Å². The summed E-state index contributed by atoms with van der Waals surface area (Å²) in [5, 5.41) is 1.61. The van der Waals surface area contributed by atoms with E-state index in [4.69, 9.17) is 26.3 Å². The van der Waals surface area contributed by atoms with Crippen molar-refractivity contribution >= 4 is 50.0 Å². The zero-order valence-corrected chi connectivity index (χ0v) is 25.4. The van der Waals surface area contributed by atoms with Crippen LogP contribution in [0.4, 0.5) is 0 Å². The summed E-state index contributed by atoms with van der Waals surface area (Å²) in [5.74, 6) is 1.04. The van der Waals surface area contributed by atoms with E-state index < -0.39 is 11.7 Å². The van der Waals surface area contributed by atoms with Crippen LogP contribution in [0.25, 0.3) is 42.9 Å². The highest BCUT2D eigenvalue weighted by molar-refractivity contribution is 7.22. The summed E-state index contributed by atoms with van der Waals surface area (Å²) in [6.07, 6.45) is 2.99. The van der Waals surface area contributed by atoms with Gasteiger partial charge in [-0.3, -0.25) is 4.79 Å². The minimum absolute atomic E-state index is 0.0256. The lowest BCUT2D eigenvalue weighted by atomic mass is 9.90. The number of hydrogen-bond donors (Lipinski definition) is 0. The van der Waals surface area contributed by atoms with Crippen molar-refractivity contribution in [3.63, 3.8) is 0 Å². The number of imidazole rings is 1. The van der Waals surface area contributed by atoms with E-state index in [0.717, 1.165) is 54.4 Å². The first-order valence-electron chi connectivity index (χ1n) is 13.9. The molecule has 0 unspecified atom stereocenters. The van der Waals surface area contributed by atoms with Gasteiger partial charge in [-0.05, 0) is 108 Å². The van der Waals surface area contributed by atoms with Crippen molar-refractivity contribution in [1.29, 1.82) is 0 Å². The van der Waals surface area contributed by atoms with Gasteiger partial charge < -0.3 is 9.30 Å². The fraction of sp³-hybridized carbons (Fsp3) is 0.364. The summed E-state index contributed by atoms with van der Waals surface area (Å²) in [4.78, 5) is 23.0. The summed E-state index contributed by atoms with van der Waals surface area (Å²) in [5.41, 5.74) is 7.52. The molecule has 2 aromatic heterocycles. The molecular weight excluding hydrogens is 538 g/mol. The molecular formula is C33H34ClN3O2S. The first-order valence-corrected chi connectivity index (χ1v) is 15.1. The molecule has 1 fully saturated rings. The van der Waals surface area contributed by atoms with E-state index in [9.17, 15) is 4.79 Å². The minimum atomic E-state index is -0.697. The third-order valence-electron chi connectivity index (χ3n) is 7.72. The van der Waals surface area contributed by atoms with E-state index >= 15 is 0 Å². The maximum atomic E-state index is 13.1. The first kappa shape index (κ1) is 27.1. The summed E-state index contributed by atoms with van der Waals surface area (Å²) in [7, 11) is 0. The summed E-state index contributed by atoms with van der Waals surface area (Å²) in [6, 6.07) is 16.9. The molecule has 1 aliphatic carbocycles. The van der Waals surface area contributed by atoms with Crippen LogP contribution in [0, 0.1) is 13.8 Å². The average molecular weight is 572 g/mol. The molecule has 206 valence electrons. The Kier molecular flexibility index (Phi) is 6.84. The van der Waals surface area contributed by atoms with Gasteiger partial charge in [-0.2, -0.15) is 0 Å². The largest absolute Gasteiger partial charge is 0.360 e. The average Bonchev–Trinajstić information content (AvgIpc) is 3.41. The number of Topliss-reactive ketones (excluding diaryl/α,β-unsaturated/α-hetero) is 1. The van der Waals surface area contributed by atoms with Gasteiger partial charge in [-0.15, -0.1) is 11.3 Å². The van der Waals surface area contributed by atoms with Gasteiger partial charge in [0.25, 0.3) is 0 Å². The van der Waals surface area contributed by atoms with Crippen molar-refractivity contribution in [2.45, 2.75) is 78.6 Å². The lowest BCUT2D eigenvalue weighted by Crippen LogP contribution is -2.27. The third-order valence-corrected chi connectivity index (χ3v) is 9.11. The zero-order chi connectivity index (χ0) is 28.3. The van der Waals surface area contributed by atoms with Gasteiger partial charge in [-0.1, -0.05) is 23.7 Å². The van der Waals surface area contributed by atoms with Crippen molar-refractivity contribution < 1.29 is 9.53 Å². The molecule has 0 aliphatic heterocycles. The lowest BCUT2D eigenvalue weighted by Gasteiger charge is -2.29. The molecule has 0 spiro atoms. The van der Waals surface area contributed by atoms with Gasteiger partial charge in [-0.25, -0.2) is 9.97 Å². The normalized spacial score (nSPS) is 15.1. The third kappa shape index (κ3) is 4.87. The number of halogens is 1. The van der Waals surface area contributed by atoms with Crippen LogP contribution < -0.4 is 0 Å². The standard InChI is InChI=1S/C33H34ClN3O2S/c1-18-16-26-31(29(21-10-13-23(34)14-11-21)28(18)30(19(2)38)39-33(4,5)6)40-32(36-26)22-12-15-25-27(17-22)37(20(3)35-25)24-8-7-9-24/h10-17,24,30H,7-9H2,1-6H3/t30-/m1/s1. The van der Waals surface area contributed by atoms with E-state index in [0.29, 0.717) is 11.1 Å². The number of benzene rings is 3. The predicted molar refractivity (Wildman–Crippen MR) is 165 cm³/mol. The minimum Gasteiger partial charge on any atom is -0.360 e. The van der Waals surface area contributed by atoms with Gasteiger partial charge >= 0.3 is 0 Å². The van der Waals surface area contributed by atoms with Crippen LogP contribution in [-0.2, 0) is 9.53 Å². The van der Waals surface area contributed by atoms with Gasteiger partial charge in [0, 0.05) is 27.8 Å². The SMILES string of the molecule is CC(=O)[C@@H](OC(C)(C)C)c1c(C)cc2nc(-c3ccc4nc(C)n(C5CCC5)c4c3)sc2c1-c1ccc(Cl)cc1. The second-order valence-electron chi connectivity index (χ2n) is 11.9. The summed E-state index contributed by atoms with van der Waals surface area (Å²) < 4.78 is 9.83. The molecule has 0 bridgehead atoms. The van der Waals surface area contributed by atoms with E-state index in [1.807, 2.05) is 52.0 Å². The second-order valence-corrected chi connectivity index (χ2v) is 13.3. The molecule has 5 nitrogen and oxygen atoms in total. The van der Waals surface area contributed by atoms with Crippen molar-refractivity contribution in [2.75, 3.05) is 0 Å². The quantitative estimate of drug-likeness (QED) is 0.204. The molecule has 1 aliphatic rings. The number of hydrogen-bond acceptors (Lipinski definition) is 5. The van der Waals surface area contributed by atoms with Gasteiger partial charge in [0.1, 0.15) is 16.9 Å². The highest BCUT2D eigenvalue weighted by Gasteiger charge is 2.30. The number of ketones is 1. The molecule has 1 atom stereocenters. The molecule has 0 saturated heterocycles. The Bertz CT molecular complexity index is 1760. The number of rotatable bonds is 6. The van der Waals surface area contributed by atoms with E-state index in [2.05, 4.69) is 35.8 Å². The van der Waals surface area contributed by atoms with Crippen molar-refractivity contribution in [2.24, 2.45) is 0 Å². The highest BCUT2D eigenvalue weighted by atomic mass is 35.5. The maximum absolute atomic E-state index is 13.1. The highest BCUT2D eigenvalue weighted by Crippen LogP contribution is 2.45. The Balaban J connectivity index is 1.57. The topological polar surface area (TPSA) is 57.0 Å².